The highest BCUT2D eigenvalue weighted by atomic mass is 32.2. The summed E-state index contributed by atoms with van der Waals surface area (Å²) in [6.45, 7) is 6.74. The second-order valence-electron chi connectivity index (χ2n) is 5.23. The molecule has 0 aromatic heterocycles. The highest BCUT2D eigenvalue weighted by molar-refractivity contribution is 7.99. The van der Waals surface area contributed by atoms with E-state index in [0.29, 0.717) is 12.0 Å². The molecule has 0 heterocycles. The van der Waals surface area contributed by atoms with Gasteiger partial charge in [0.2, 0.25) is 0 Å². The van der Waals surface area contributed by atoms with Crippen LogP contribution >= 0.6 is 11.8 Å². The third-order valence-corrected chi connectivity index (χ3v) is 3.90. The van der Waals surface area contributed by atoms with Crippen molar-refractivity contribution < 1.29 is 0 Å². The van der Waals surface area contributed by atoms with E-state index in [1.807, 2.05) is 11.8 Å². The van der Waals surface area contributed by atoms with Crippen LogP contribution in [-0.2, 0) is 0 Å². The van der Waals surface area contributed by atoms with Crippen LogP contribution in [0.5, 0.6) is 0 Å². The van der Waals surface area contributed by atoms with Crippen LogP contribution in [0.25, 0.3) is 0 Å². The van der Waals surface area contributed by atoms with E-state index in [4.69, 9.17) is 0 Å². The van der Waals surface area contributed by atoms with Crippen LogP contribution in [0.4, 0.5) is 0 Å². The summed E-state index contributed by atoms with van der Waals surface area (Å²) in [5.74, 6) is 1.80. The van der Waals surface area contributed by atoms with E-state index in [-0.39, 0.29) is 0 Å². The third kappa shape index (κ3) is 6.43. The van der Waals surface area contributed by atoms with E-state index in [1.54, 1.807) is 0 Å². The van der Waals surface area contributed by atoms with E-state index in [1.165, 1.54) is 4.90 Å². The first-order valence-corrected chi connectivity index (χ1v) is 7.64. The van der Waals surface area contributed by atoms with Gasteiger partial charge >= 0.3 is 0 Å². The summed E-state index contributed by atoms with van der Waals surface area (Å²) < 4.78 is 0. The molecule has 0 aliphatic rings. The van der Waals surface area contributed by atoms with Gasteiger partial charge in [-0.05, 0) is 32.1 Å². The van der Waals surface area contributed by atoms with E-state index in [9.17, 15) is 0 Å². The van der Waals surface area contributed by atoms with Crippen molar-refractivity contribution in [3.05, 3.63) is 30.3 Å². The maximum Gasteiger partial charge on any atom is 0.0218 e. The fraction of sp³-hybridized carbons (Fsp3) is 0.600. The predicted octanol–water partition coefficient (Wildman–Crippen LogP) is 2.95. The van der Waals surface area contributed by atoms with Gasteiger partial charge in [-0.3, -0.25) is 0 Å². The van der Waals surface area contributed by atoms with Gasteiger partial charge in [-0.15, -0.1) is 11.8 Å². The van der Waals surface area contributed by atoms with Crippen LogP contribution < -0.4 is 5.32 Å². The lowest BCUT2D eigenvalue weighted by atomic mass is 10.0. The van der Waals surface area contributed by atoms with Gasteiger partial charge < -0.3 is 10.2 Å². The Morgan fingerprint density at radius 1 is 1.17 bits per heavy atom. The second-order valence-corrected chi connectivity index (χ2v) is 6.40. The maximum atomic E-state index is 3.66. The smallest absolute Gasteiger partial charge is 0.0218 e. The fourth-order valence-corrected chi connectivity index (χ4v) is 2.64. The van der Waals surface area contributed by atoms with Crippen LogP contribution in [0.3, 0.4) is 0 Å². The number of likely N-dealkylation sites (N-methyl/N-ethyl adjacent to an activating group) is 1. The molecule has 1 rings (SSSR count). The zero-order valence-corrected chi connectivity index (χ0v) is 12.8. The molecule has 0 bridgehead atoms. The molecule has 0 aliphatic carbocycles. The van der Waals surface area contributed by atoms with Crippen LogP contribution in [0.1, 0.15) is 13.8 Å². The minimum atomic E-state index is 0.580. The monoisotopic (exact) mass is 266 g/mol. The molecule has 1 aromatic carbocycles. The fourth-order valence-electron chi connectivity index (χ4n) is 1.83. The van der Waals surface area contributed by atoms with Gasteiger partial charge in [0.1, 0.15) is 0 Å². The molecule has 1 N–H and O–H groups in total. The number of benzene rings is 1. The van der Waals surface area contributed by atoms with Crippen molar-refractivity contribution >= 4 is 11.8 Å². The SMILES string of the molecule is CC(C)C(CN(C)C)NCCSc1ccccc1. The molecule has 0 saturated heterocycles. The normalized spacial score (nSPS) is 13.2. The van der Waals surface area contributed by atoms with Gasteiger partial charge in [0.15, 0.2) is 0 Å². The van der Waals surface area contributed by atoms with Gasteiger partial charge in [0.05, 0.1) is 0 Å². The molecular weight excluding hydrogens is 240 g/mol. The zero-order chi connectivity index (χ0) is 13.4. The van der Waals surface area contributed by atoms with Crippen molar-refractivity contribution in [1.82, 2.24) is 10.2 Å². The Labute approximate surface area is 116 Å². The maximum absolute atomic E-state index is 3.66. The summed E-state index contributed by atoms with van der Waals surface area (Å²) in [5.41, 5.74) is 0. The summed E-state index contributed by atoms with van der Waals surface area (Å²) in [4.78, 5) is 3.61. The Hall–Kier alpha value is -0.510. The third-order valence-electron chi connectivity index (χ3n) is 2.89. The quantitative estimate of drug-likeness (QED) is 0.575. The molecule has 18 heavy (non-hydrogen) atoms. The van der Waals surface area contributed by atoms with Gasteiger partial charge in [-0.2, -0.15) is 0 Å². The number of thioether (sulfide) groups is 1. The van der Waals surface area contributed by atoms with E-state index < -0.39 is 0 Å². The first-order chi connectivity index (χ1) is 8.59. The average molecular weight is 266 g/mol. The van der Waals surface area contributed by atoms with Gasteiger partial charge in [0.25, 0.3) is 0 Å². The molecule has 0 spiro atoms. The molecule has 0 aliphatic heterocycles. The summed E-state index contributed by atoms with van der Waals surface area (Å²) in [7, 11) is 4.27. The Bertz CT molecular complexity index is 312. The highest BCUT2D eigenvalue weighted by Crippen LogP contribution is 2.16. The lowest BCUT2D eigenvalue weighted by Gasteiger charge is -2.25. The minimum Gasteiger partial charge on any atom is -0.312 e. The minimum absolute atomic E-state index is 0.580. The van der Waals surface area contributed by atoms with Crippen molar-refractivity contribution in [3.8, 4) is 0 Å². The summed E-state index contributed by atoms with van der Waals surface area (Å²) in [6, 6.07) is 11.2. The van der Waals surface area contributed by atoms with E-state index in [2.05, 4.69) is 68.5 Å². The predicted molar refractivity (Wildman–Crippen MR) is 82.3 cm³/mol. The Balaban J connectivity index is 2.23. The number of nitrogens with zero attached hydrogens (tertiary/aromatic N) is 1. The lowest BCUT2D eigenvalue weighted by Crippen LogP contribution is -2.42. The molecule has 1 aromatic rings. The zero-order valence-electron chi connectivity index (χ0n) is 12.0. The molecule has 1 atom stereocenters. The first kappa shape index (κ1) is 15.5. The largest absolute Gasteiger partial charge is 0.312 e. The first-order valence-electron chi connectivity index (χ1n) is 6.65. The van der Waals surface area contributed by atoms with Crippen molar-refractivity contribution in [3.63, 3.8) is 0 Å². The van der Waals surface area contributed by atoms with Crippen LogP contribution in [0.15, 0.2) is 35.2 Å². The Morgan fingerprint density at radius 2 is 1.83 bits per heavy atom. The summed E-state index contributed by atoms with van der Waals surface area (Å²) in [5, 5.41) is 3.66. The molecule has 0 saturated carbocycles. The average Bonchev–Trinajstić information content (AvgIpc) is 2.33. The van der Waals surface area contributed by atoms with E-state index in [0.717, 1.165) is 18.8 Å². The van der Waals surface area contributed by atoms with Crippen molar-refractivity contribution in [1.29, 1.82) is 0 Å². The Morgan fingerprint density at radius 3 is 2.39 bits per heavy atom. The molecule has 0 fully saturated rings. The standard InChI is InChI=1S/C15H26N2S/c1-13(2)15(12-17(3)4)16-10-11-18-14-8-6-5-7-9-14/h5-9,13,15-16H,10-12H2,1-4H3. The van der Waals surface area contributed by atoms with E-state index >= 15 is 0 Å². The molecular formula is C15H26N2S. The van der Waals surface area contributed by atoms with Gasteiger partial charge in [0, 0.05) is 29.8 Å². The Kier molecular flexibility index (Phi) is 7.40. The molecule has 1 unspecified atom stereocenters. The molecule has 3 heteroatoms. The second kappa shape index (κ2) is 8.57. The van der Waals surface area contributed by atoms with Crippen molar-refractivity contribution in [2.24, 2.45) is 5.92 Å². The number of hydrogen-bond acceptors (Lipinski definition) is 3. The van der Waals surface area contributed by atoms with Gasteiger partial charge in [-0.25, -0.2) is 0 Å². The number of nitrogens with one attached hydrogen (secondary N) is 1. The topological polar surface area (TPSA) is 15.3 Å². The van der Waals surface area contributed by atoms with Crippen molar-refractivity contribution in [2.45, 2.75) is 24.8 Å². The van der Waals surface area contributed by atoms with Crippen molar-refractivity contribution in [2.75, 3.05) is 32.9 Å². The molecule has 102 valence electrons. The number of hydrogen-bond donors (Lipinski definition) is 1. The number of rotatable bonds is 8. The van der Waals surface area contributed by atoms with Crippen LogP contribution in [0, 0.1) is 5.92 Å². The lowest BCUT2D eigenvalue weighted by molar-refractivity contribution is 0.293. The summed E-state index contributed by atoms with van der Waals surface area (Å²) in [6.07, 6.45) is 0. The molecule has 0 radical (unpaired) electrons. The highest BCUT2D eigenvalue weighted by Gasteiger charge is 2.12. The van der Waals surface area contributed by atoms with Crippen LogP contribution in [0.2, 0.25) is 0 Å². The summed E-state index contributed by atoms with van der Waals surface area (Å²) >= 11 is 1.92. The van der Waals surface area contributed by atoms with Gasteiger partial charge in [-0.1, -0.05) is 32.0 Å². The molecule has 2 nitrogen and oxygen atoms in total. The molecule has 0 amide bonds. The van der Waals surface area contributed by atoms with Crippen LogP contribution in [-0.4, -0.2) is 43.9 Å².